The number of nitriles is 2. The molecule has 0 atom stereocenters. The molecule has 0 amide bonds. The third-order valence-electron chi connectivity index (χ3n) is 2.22. The second kappa shape index (κ2) is 4.83. The Bertz CT molecular complexity index is 603. The van der Waals surface area contributed by atoms with E-state index < -0.39 is 0 Å². The Hall–Kier alpha value is -2.78. The number of hydrogen-bond acceptors (Lipinski definition) is 3. The first-order valence-electron chi connectivity index (χ1n) is 5.00. The van der Waals surface area contributed by atoms with Crippen LogP contribution < -0.4 is 4.74 Å². The lowest BCUT2D eigenvalue weighted by atomic mass is 10.2. The van der Waals surface area contributed by atoms with Crippen LogP contribution in [0.15, 0.2) is 48.5 Å². The third kappa shape index (κ3) is 2.42. The Balaban J connectivity index is 2.26. The highest BCUT2D eigenvalue weighted by molar-refractivity contribution is 5.45. The van der Waals surface area contributed by atoms with Crippen LogP contribution in [0, 0.1) is 22.7 Å². The molecule has 80 valence electrons. The number of ether oxygens (including phenoxy) is 1. The summed E-state index contributed by atoms with van der Waals surface area (Å²) in [7, 11) is 0. The Morgan fingerprint density at radius 1 is 0.824 bits per heavy atom. The molecule has 2 aromatic rings. The van der Waals surface area contributed by atoms with Crippen molar-refractivity contribution in [3.63, 3.8) is 0 Å². The first-order valence-corrected chi connectivity index (χ1v) is 5.00. The van der Waals surface area contributed by atoms with E-state index in [4.69, 9.17) is 15.3 Å². The molecule has 0 aliphatic carbocycles. The molecule has 0 saturated carbocycles. The fraction of sp³-hybridized carbons (Fsp3) is 0. The smallest absolute Gasteiger partial charge is 0.145 e. The van der Waals surface area contributed by atoms with Gasteiger partial charge in [0.05, 0.1) is 17.2 Å². The zero-order valence-electron chi connectivity index (χ0n) is 8.92. The van der Waals surface area contributed by atoms with Crippen LogP contribution in [0.2, 0.25) is 0 Å². The van der Waals surface area contributed by atoms with E-state index >= 15 is 0 Å². The predicted octanol–water partition coefficient (Wildman–Crippen LogP) is 3.22. The second-order valence-electron chi connectivity index (χ2n) is 3.35. The molecule has 0 aliphatic rings. The topological polar surface area (TPSA) is 56.8 Å². The Morgan fingerprint density at radius 2 is 1.53 bits per heavy atom. The summed E-state index contributed by atoms with van der Waals surface area (Å²) in [5.74, 6) is 1.12. The maximum atomic E-state index is 8.91. The molecule has 2 rings (SSSR count). The van der Waals surface area contributed by atoms with E-state index in [1.54, 1.807) is 48.5 Å². The number of benzene rings is 2. The maximum absolute atomic E-state index is 8.91. The average molecular weight is 220 g/mol. The molecule has 0 N–H and O–H groups in total. The highest BCUT2D eigenvalue weighted by atomic mass is 16.5. The van der Waals surface area contributed by atoms with Crippen LogP contribution in [0.3, 0.4) is 0 Å². The lowest BCUT2D eigenvalue weighted by Crippen LogP contribution is -1.87. The molecular weight excluding hydrogens is 212 g/mol. The van der Waals surface area contributed by atoms with Gasteiger partial charge in [-0.15, -0.1) is 0 Å². The molecule has 0 radical (unpaired) electrons. The van der Waals surface area contributed by atoms with Crippen LogP contribution in [-0.4, -0.2) is 0 Å². The molecule has 0 heterocycles. The summed E-state index contributed by atoms with van der Waals surface area (Å²) in [6.07, 6.45) is 0. The molecule has 3 nitrogen and oxygen atoms in total. The van der Waals surface area contributed by atoms with E-state index in [1.807, 2.05) is 6.07 Å². The van der Waals surface area contributed by atoms with Crippen molar-refractivity contribution in [3.8, 4) is 23.6 Å². The zero-order chi connectivity index (χ0) is 12.1. The van der Waals surface area contributed by atoms with Crippen LogP contribution in [0.25, 0.3) is 0 Å². The SMILES string of the molecule is N#Cc1ccc(Oc2ccccc2C#N)cc1. The first-order chi connectivity index (χ1) is 8.33. The highest BCUT2D eigenvalue weighted by Crippen LogP contribution is 2.24. The van der Waals surface area contributed by atoms with Crippen molar-refractivity contribution < 1.29 is 4.74 Å². The molecule has 0 bridgehead atoms. The fourth-order valence-electron chi connectivity index (χ4n) is 1.37. The van der Waals surface area contributed by atoms with E-state index in [0.29, 0.717) is 22.6 Å². The standard InChI is InChI=1S/C14H8N2O/c15-9-11-5-7-13(8-6-11)17-14-4-2-1-3-12(14)10-16/h1-8H. The summed E-state index contributed by atoms with van der Waals surface area (Å²) in [6, 6.07) is 17.9. The minimum Gasteiger partial charge on any atom is -0.456 e. The normalized spacial score (nSPS) is 9.06. The van der Waals surface area contributed by atoms with Gasteiger partial charge in [-0.2, -0.15) is 10.5 Å². The molecule has 0 fully saturated rings. The molecule has 2 aromatic carbocycles. The second-order valence-corrected chi connectivity index (χ2v) is 3.35. The third-order valence-corrected chi connectivity index (χ3v) is 2.22. The molecule has 0 aromatic heterocycles. The average Bonchev–Trinajstić information content (AvgIpc) is 2.40. The van der Waals surface area contributed by atoms with E-state index in [0.717, 1.165) is 0 Å². The van der Waals surface area contributed by atoms with Gasteiger partial charge in [0.25, 0.3) is 0 Å². The number of nitrogens with zero attached hydrogens (tertiary/aromatic N) is 2. The van der Waals surface area contributed by atoms with Gasteiger partial charge < -0.3 is 4.74 Å². The summed E-state index contributed by atoms with van der Waals surface area (Å²) < 4.78 is 5.57. The van der Waals surface area contributed by atoms with E-state index in [2.05, 4.69) is 6.07 Å². The van der Waals surface area contributed by atoms with Crippen LogP contribution in [0.4, 0.5) is 0 Å². The number of para-hydroxylation sites is 1. The number of rotatable bonds is 2. The number of hydrogen-bond donors (Lipinski definition) is 0. The van der Waals surface area contributed by atoms with Crippen LogP contribution in [0.5, 0.6) is 11.5 Å². The van der Waals surface area contributed by atoms with Crippen LogP contribution in [-0.2, 0) is 0 Å². The largest absolute Gasteiger partial charge is 0.456 e. The van der Waals surface area contributed by atoms with E-state index in [1.165, 1.54) is 0 Å². The summed E-state index contributed by atoms with van der Waals surface area (Å²) >= 11 is 0. The van der Waals surface area contributed by atoms with Crippen molar-refractivity contribution in [2.45, 2.75) is 0 Å². The Labute approximate surface area is 99.1 Å². The monoisotopic (exact) mass is 220 g/mol. The fourth-order valence-corrected chi connectivity index (χ4v) is 1.37. The minimum absolute atomic E-state index is 0.483. The van der Waals surface area contributed by atoms with Gasteiger partial charge in [-0.1, -0.05) is 12.1 Å². The lowest BCUT2D eigenvalue weighted by molar-refractivity contribution is 0.481. The first kappa shape index (κ1) is 10.7. The van der Waals surface area contributed by atoms with Gasteiger partial charge in [-0.3, -0.25) is 0 Å². The summed E-state index contributed by atoms with van der Waals surface area (Å²) in [5.41, 5.74) is 1.06. The summed E-state index contributed by atoms with van der Waals surface area (Å²) in [5, 5.41) is 17.6. The molecule has 17 heavy (non-hydrogen) atoms. The van der Waals surface area contributed by atoms with E-state index in [9.17, 15) is 0 Å². The van der Waals surface area contributed by atoms with Crippen molar-refractivity contribution in [1.82, 2.24) is 0 Å². The molecule has 0 spiro atoms. The van der Waals surface area contributed by atoms with Crippen LogP contribution >= 0.6 is 0 Å². The van der Waals surface area contributed by atoms with Crippen molar-refractivity contribution in [1.29, 1.82) is 10.5 Å². The van der Waals surface area contributed by atoms with Gasteiger partial charge >= 0.3 is 0 Å². The van der Waals surface area contributed by atoms with Crippen molar-refractivity contribution >= 4 is 0 Å². The van der Waals surface area contributed by atoms with Crippen molar-refractivity contribution in [3.05, 3.63) is 59.7 Å². The van der Waals surface area contributed by atoms with Crippen molar-refractivity contribution in [2.75, 3.05) is 0 Å². The van der Waals surface area contributed by atoms with E-state index in [-0.39, 0.29) is 0 Å². The lowest BCUT2D eigenvalue weighted by Gasteiger charge is -2.06. The van der Waals surface area contributed by atoms with Gasteiger partial charge in [0.1, 0.15) is 17.6 Å². The van der Waals surface area contributed by atoms with Crippen molar-refractivity contribution in [2.24, 2.45) is 0 Å². The molecule has 0 aliphatic heterocycles. The van der Waals surface area contributed by atoms with Gasteiger partial charge in [0, 0.05) is 0 Å². The summed E-state index contributed by atoms with van der Waals surface area (Å²) in [4.78, 5) is 0. The van der Waals surface area contributed by atoms with Gasteiger partial charge in [-0.25, -0.2) is 0 Å². The predicted molar refractivity (Wildman–Crippen MR) is 62.4 cm³/mol. The summed E-state index contributed by atoms with van der Waals surface area (Å²) in [6.45, 7) is 0. The van der Waals surface area contributed by atoms with Gasteiger partial charge in [0.15, 0.2) is 0 Å². The molecule has 0 unspecified atom stereocenters. The maximum Gasteiger partial charge on any atom is 0.145 e. The van der Waals surface area contributed by atoms with Gasteiger partial charge in [-0.05, 0) is 36.4 Å². The highest BCUT2D eigenvalue weighted by Gasteiger charge is 2.03. The van der Waals surface area contributed by atoms with Gasteiger partial charge in [0.2, 0.25) is 0 Å². The minimum atomic E-state index is 0.483. The quantitative estimate of drug-likeness (QED) is 0.780. The Kier molecular flexibility index (Phi) is 3.05. The molecular formula is C14H8N2O. The Morgan fingerprint density at radius 3 is 2.18 bits per heavy atom. The molecule has 3 heteroatoms. The molecule has 0 saturated heterocycles. The van der Waals surface area contributed by atoms with Crippen LogP contribution in [0.1, 0.15) is 11.1 Å². The zero-order valence-corrected chi connectivity index (χ0v) is 8.92.